The summed E-state index contributed by atoms with van der Waals surface area (Å²) in [5.74, 6) is 0.386. The Labute approximate surface area is 123 Å². The number of sulfonamides is 1. The molecule has 0 aliphatic carbocycles. The number of nitrogens with one attached hydrogen (secondary N) is 1. The number of aliphatic hydroxyl groups is 1. The summed E-state index contributed by atoms with van der Waals surface area (Å²) in [5.41, 5.74) is 0.994. The summed E-state index contributed by atoms with van der Waals surface area (Å²) in [6, 6.07) is 6.62. The predicted octanol–water partition coefficient (Wildman–Crippen LogP) is 0.515. The number of aliphatic hydroxyl groups excluding tert-OH is 1. The summed E-state index contributed by atoms with van der Waals surface area (Å²) < 4.78 is 31.4. The largest absolute Gasteiger partial charge is 0.396 e. The minimum atomic E-state index is -3.54. The molecule has 0 saturated heterocycles. The molecule has 0 spiro atoms. The molecule has 0 fully saturated rings. The van der Waals surface area contributed by atoms with Crippen LogP contribution in [0.1, 0.15) is 17.9 Å². The molecule has 1 heterocycles. The highest BCUT2D eigenvalue weighted by Gasteiger charge is 2.13. The summed E-state index contributed by atoms with van der Waals surface area (Å²) in [6.45, 7) is 0.314. The molecule has 0 bridgehead atoms. The third-order valence-corrected chi connectivity index (χ3v) is 4.37. The summed E-state index contributed by atoms with van der Waals surface area (Å²) in [7, 11) is -3.54. The van der Waals surface area contributed by atoms with Gasteiger partial charge in [0.2, 0.25) is 15.9 Å². The number of aryl methyl sites for hydroxylation is 1. The quantitative estimate of drug-likeness (QED) is 0.736. The van der Waals surface area contributed by atoms with E-state index in [1.165, 1.54) is 6.33 Å². The Hall–Kier alpha value is -1.77. The van der Waals surface area contributed by atoms with Crippen molar-refractivity contribution in [3.63, 3.8) is 0 Å². The van der Waals surface area contributed by atoms with E-state index >= 15 is 0 Å². The van der Waals surface area contributed by atoms with E-state index in [0.717, 1.165) is 12.0 Å². The van der Waals surface area contributed by atoms with Crippen LogP contribution >= 0.6 is 0 Å². The van der Waals surface area contributed by atoms with Crippen molar-refractivity contribution in [1.29, 1.82) is 0 Å². The highest BCUT2D eigenvalue weighted by molar-refractivity contribution is 7.89. The number of hydrogen-bond acceptors (Lipinski definition) is 6. The van der Waals surface area contributed by atoms with Crippen LogP contribution in [0.5, 0.6) is 0 Å². The van der Waals surface area contributed by atoms with Crippen LogP contribution in [0.15, 0.2) is 40.0 Å². The lowest BCUT2D eigenvalue weighted by atomic mass is 10.1. The Morgan fingerprint density at radius 3 is 2.57 bits per heavy atom. The summed E-state index contributed by atoms with van der Waals surface area (Å²) in [5, 5.41) is 12.2. The molecule has 0 amide bonds. The van der Waals surface area contributed by atoms with Crippen LogP contribution in [0, 0.1) is 0 Å². The Kier molecular flexibility index (Phi) is 5.43. The smallest absolute Gasteiger partial charge is 0.240 e. The molecule has 0 atom stereocenters. The van der Waals surface area contributed by atoms with Crippen molar-refractivity contribution in [2.45, 2.75) is 24.2 Å². The van der Waals surface area contributed by atoms with E-state index in [-0.39, 0.29) is 18.0 Å². The van der Waals surface area contributed by atoms with Gasteiger partial charge in [0, 0.05) is 19.6 Å². The molecular formula is C13H17N3O4S. The van der Waals surface area contributed by atoms with E-state index < -0.39 is 10.0 Å². The first-order chi connectivity index (χ1) is 10.1. The highest BCUT2D eigenvalue weighted by atomic mass is 32.2. The summed E-state index contributed by atoms with van der Waals surface area (Å²) in [4.78, 5) is 4.02. The molecule has 0 aliphatic rings. The topological polar surface area (TPSA) is 105 Å². The second-order valence-corrected chi connectivity index (χ2v) is 6.22. The third-order valence-electron chi connectivity index (χ3n) is 2.90. The molecule has 21 heavy (non-hydrogen) atoms. The molecule has 0 unspecified atom stereocenters. The van der Waals surface area contributed by atoms with Crippen LogP contribution in [0.25, 0.3) is 0 Å². The average Bonchev–Trinajstić information content (AvgIpc) is 2.98. The van der Waals surface area contributed by atoms with Crippen molar-refractivity contribution in [3.05, 3.63) is 42.0 Å². The zero-order valence-electron chi connectivity index (χ0n) is 11.4. The highest BCUT2D eigenvalue weighted by Crippen LogP contribution is 2.11. The van der Waals surface area contributed by atoms with Crippen LogP contribution in [-0.4, -0.2) is 36.8 Å². The number of nitrogens with zero attached hydrogens (tertiary/aromatic N) is 2. The first-order valence-corrected chi connectivity index (χ1v) is 8.05. The van der Waals surface area contributed by atoms with Gasteiger partial charge < -0.3 is 9.63 Å². The summed E-state index contributed by atoms with van der Waals surface area (Å²) >= 11 is 0. The Morgan fingerprint density at radius 2 is 1.95 bits per heavy atom. The van der Waals surface area contributed by atoms with Gasteiger partial charge in [0.1, 0.15) is 0 Å². The molecule has 2 rings (SSSR count). The molecule has 114 valence electrons. The number of rotatable bonds is 8. The molecule has 0 saturated carbocycles. The molecule has 7 nitrogen and oxygen atoms in total. The second-order valence-electron chi connectivity index (χ2n) is 4.45. The van der Waals surface area contributed by atoms with Crippen molar-refractivity contribution in [1.82, 2.24) is 14.9 Å². The van der Waals surface area contributed by atoms with Crippen LogP contribution in [0.4, 0.5) is 0 Å². The lowest BCUT2D eigenvalue weighted by molar-refractivity contribution is 0.288. The zero-order valence-corrected chi connectivity index (χ0v) is 12.2. The fourth-order valence-electron chi connectivity index (χ4n) is 1.80. The second kappa shape index (κ2) is 7.30. The lowest BCUT2D eigenvalue weighted by Crippen LogP contribution is -2.26. The van der Waals surface area contributed by atoms with Crippen LogP contribution in [0.2, 0.25) is 0 Å². The van der Waals surface area contributed by atoms with E-state index in [9.17, 15) is 8.42 Å². The van der Waals surface area contributed by atoms with Gasteiger partial charge in [-0.15, -0.1) is 0 Å². The van der Waals surface area contributed by atoms with Crippen LogP contribution in [0.3, 0.4) is 0 Å². The van der Waals surface area contributed by atoms with Crippen molar-refractivity contribution in [3.8, 4) is 0 Å². The lowest BCUT2D eigenvalue weighted by Gasteiger charge is -2.06. The van der Waals surface area contributed by atoms with Gasteiger partial charge in [0.05, 0.1) is 4.90 Å². The first kappa shape index (κ1) is 15.6. The van der Waals surface area contributed by atoms with Crippen LogP contribution in [-0.2, 0) is 22.9 Å². The zero-order chi connectivity index (χ0) is 15.1. The van der Waals surface area contributed by atoms with E-state index in [4.69, 9.17) is 9.63 Å². The number of benzene rings is 1. The molecule has 2 N–H and O–H groups in total. The molecule has 1 aromatic heterocycles. The van der Waals surface area contributed by atoms with Gasteiger partial charge in [0.25, 0.3) is 0 Å². The average molecular weight is 311 g/mol. The fraction of sp³-hybridized carbons (Fsp3) is 0.385. The molecule has 2 aromatic rings. The Morgan fingerprint density at radius 1 is 1.19 bits per heavy atom. The minimum absolute atomic E-state index is 0.122. The normalized spacial score (nSPS) is 11.7. The minimum Gasteiger partial charge on any atom is -0.396 e. The van der Waals surface area contributed by atoms with E-state index in [1.54, 1.807) is 24.3 Å². The van der Waals surface area contributed by atoms with Gasteiger partial charge in [-0.25, -0.2) is 13.1 Å². The van der Waals surface area contributed by atoms with Crippen molar-refractivity contribution in [2.24, 2.45) is 0 Å². The predicted molar refractivity (Wildman–Crippen MR) is 75.0 cm³/mol. The van der Waals surface area contributed by atoms with Crippen LogP contribution < -0.4 is 4.72 Å². The van der Waals surface area contributed by atoms with Gasteiger partial charge in [-0.1, -0.05) is 17.3 Å². The molecule has 1 aromatic carbocycles. The van der Waals surface area contributed by atoms with E-state index in [2.05, 4.69) is 14.9 Å². The Balaban J connectivity index is 1.92. The van der Waals surface area contributed by atoms with Gasteiger partial charge in [-0.05, 0) is 30.5 Å². The number of hydrogen-bond donors (Lipinski definition) is 2. The molecule has 0 radical (unpaired) electrons. The maximum absolute atomic E-state index is 12.1. The maximum Gasteiger partial charge on any atom is 0.240 e. The summed E-state index contributed by atoms with van der Waals surface area (Å²) in [6.07, 6.45) is 3.00. The van der Waals surface area contributed by atoms with Gasteiger partial charge in [-0.2, -0.15) is 4.98 Å². The standard InChI is InChI=1S/C13H17N3O4S/c17-9-1-2-11-3-5-12(6-4-11)21(18,19)16-8-7-13-14-10-15-20-13/h3-6,10,16-17H,1-2,7-9H2. The van der Waals surface area contributed by atoms with Crippen molar-refractivity contribution >= 4 is 10.0 Å². The van der Waals surface area contributed by atoms with Gasteiger partial charge in [0.15, 0.2) is 6.33 Å². The van der Waals surface area contributed by atoms with Gasteiger partial charge >= 0.3 is 0 Å². The molecular weight excluding hydrogens is 294 g/mol. The fourth-order valence-corrected chi connectivity index (χ4v) is 2.83. The first-order valence-electron chi connectivity index (χ1n) is 6.57. The Bertz CT molecular complexity index is 639. The SMILES string of the molecule is O=S(=O)(NCCc1ncno1)c1ccc(CCCO)cc1. The maximum atomic E-state index is 12.1. The van der Waals surface area contributed by atoms with Gasteiger partial charge in [-0.3, -0.25) is 0 Å². The molecule has 0 aliphatic heterocycles. The number of aromatic nitrogens is 2. The van der Waals surface area contributed by atoms with Crippen molar-refractivity contribution < 1.29 is 18.0 Å². The van der Waals surface area contributed by atoms with E-state index in [0.29, 0.717) is 18.7 Å². The molecule has 8 heteroatoms. The van der Waals surface area contributed by atoms with E-state index in [1.807, 2.05) is 0 Å². The monoisotopic (exact) mass is 311 g/mol. The third kappa shape index (κ3) is 4.62. The van der Waals surface area contributed by atoms with Crippen molar-refractivity contribution in [2.75, 3.05) is 13.2 Å².